The van der Waals surface area contributed by atoms with Crippen LogP contribution in [0.3, 0.4) is 0 Å². The Hall–Kier alpha value is -3.72. The molecule has 33 heavy (non-hydrogen) atoms. The van der Waals surface area contributed by atoms with E-state index >= 15 is 0 Å². The van der Waals surface area contributed by atoms with Crippen molar-refractivity contribution in [3.63, 3.8) is 0 Å². The van der Waals surface area contributed by atoms with Gasteiger partial charge < -0.3 is 26.0 Å². The summed E-state index contributed by atoms with van der Waals surface area (Å²) < 4.78 is 0. The molecular weight excluding hydrogens is 422 g/mol. The average Bonchev–Trinajstić information content (AvgIpc) is 3.36. The third-order valence-electron chi connectivity index (χ3n) is 5.47. The van der Waals surface area contributed by atoms with Crippen molar-refractivity contribution in [2.24, 2.45) is 5.73 Å². The van der Waals surface area contributed by atoms with Gasteiger partial charge in [0.25, 0.3) is 5.91 Å². The van der Waals surface area contributed by atoms with Crippen LogP contribution in [0, 0.1) is 5.41 Å². The first kappa shape index (κ1) is 23.9. The van der Waals surface area contributed by atoms with E-state index in [4.69, 9.17) is 11.1 Å². The second-order valence-electron chi connectivity index (χ2n) is 7.86. The Morgan fingerprint density at radius 2 is 1.73 bits per heavy atom. The number of carbonyl (C=O) groups is 3. The molecule has 2 aromatic rings. The first-order valence-corrected chi connectivity index (χ1v) is 10.9. The van der Waals surface area contributed by atoms with Crippen LogP contribution >= 0.6 is 0 Å². The molecule has 1 aliphatic heterocycles. The van der Waals surface area contributed by atoms with Crippen molar-refractivity contribution in [3.05, 3.63) is 59.7 Å². The minimum Gasteiger partial charge on any atom is -0.395 e. The number of likely N-dealkylation sites (tertiary alicyclic amines) is 1. The molecule has 0 atom stereocenters. The predicted molar refractivity (Wildman–Crippen MR) is 126 cm³/mol. The Kier molecular flexibility index (Phi) is 8.15. The third kappa shape index (κ3) is 6.39. The fraction of sp³-hybridized carbons (Fsp3) is 0.333. The highest BCUT2D eigenvalue weighted by Crippen LogP contribution is 2.21. The molecule has 3 rings (SSSR count). The summed E-state index contributed by atoms with van der Waals surface area (Å²) in [4.78, 5) is 41.0. The number of carbonyl (C=O) groups excluding carboxylic acids is 3. The zero-order chi connectivity index (χ0) is 23.8. The fourth-order valence-corrected chi connectivity index (χ4v) is 3.72. The largest absolute Gasteiger partial charge is 0.395 e. The Morgan fingerprint density at radius 1 is 1.03 bits per heavy atom. The van der Waals surface area contributed by atoms with Gasteiger partial charge in [0, 0.05) is 55.0 Å². The van der Waals surface area contributed by atoms with Crippen LogP contribution in [0.5, 0.6) is 0 Å². The second kappa shape index (κ2) is 11.2. The normalized spacial score (nSPS) is 12.9. The number of nitrogens with one attached hydrogen (secondary N) is 2. The molecule has 0 bridgehead atoms. The van der Waals surface area contributed by atoms with E-state index in [0.29, 0.717) is 22.5 Å². The lowest BCUT2D eigenvalue weighted by Gasteiger charge is -2.23. The van der Waals surface area contributed by atoms with E-state index in [2.05, 4.69) is 5.32 Å². The Balaban J connectivity index is 1.61. The van der Waals surface area contributed by atoms with Gasteiger partial charge in [0.1, 0.15) is 5.84 Å². The fourth-order valence-electron chi connectivity index (χ4n) is 3.72. The first-order chi connectivity index (χ1) is 15.9. The summed E-state index contributed by atoms with van der Waals surface area (Å²) in [5.41, 5.74) is 7.52. The molecule has 1 aliphatic rings. The smallest absolute Gasteiger partial charge is 0.253 e. The van der Waals surface area contributed by atoms with Crippen molar-refractivity contribution < 1.29 is 19.5 Å². The van der Waals surface area contributed by atoms with E-state index in [1.165, 1.54) is 4.90 Å². The van der Waals surface area contributed by atoms with Gasteiger partial charge in [-0.1, -0.05) is 6.07 Å². The lowest BCUT2D eigenvalue weighted by Crippen LogP contribution is -2.34. The van der Waals surface area contributed by atoms with Crippen LogP contribution in [-0.4, -0.2) is 59.8 Å². The van der Waals surface area contributed by atoms with Crippen molar-refractivity contribution in [1.29, 1.82) is 5.41 Å². The SMILES string of the molecule is N=C(N)c1ccc(NC(=O)CCC(=O)N(CCO)c2cccc(C(=O)N3CCCC3)c2)cc1. The Labute approximate surface area is 192 Å². The van der Waals surface area contributed by atoms with E-state index in [9.17, 15) is 19.5 Å². The highest BCUT2D eigenvalue weighted by molar-refractivity contribution is 6.00. The molecule has 0 radical (unpaired) electrons. The summed E-state index contributed by atoms with van der Waals surface area (Å²) in [5, 5.41) is 19.6. The second-order valence-corrected chi connectivity index (χ2v) is 7.86. The molecular formula is C24H29N5O4. The zero-order valence-electron chi connectivity index (χ0n) is 18.4. The Bertz CT molecular complexity index is 1020. The number of rotatable bonds is 9. The number of nitrogens with two attached hydrogens (primary N) is 1. The van der Waals surface area contributed by atoms with Gasteiger partial charge in [-0.3, -0.25) is 19.8 Å². The maximum Gasteiger partial charge on any atom is 0.253 e. The molecule has 0 spiro atoms. The van der Waals surface area contributed by atoms with Gasteiger partial charge in [0.05, 0.1) is 6.61 Å². The standard InChI is InChI=1S/C24H29N5O4/c25-23(26)17-6-8-19(9-7-17)27-21(31)10-11-22(32)29(14-15-30)20-5-3-4-18(16-20)24(33)28-12-1-2-13-28/h3-9,16,30H,1-2,10-15H2,(H3,25,26)(H,27,31). The van der Waals surface area contributed by atoms with E-state index in [0.717, 1.165) is 25.9 Å². The molecule has 0 aliphatic carbocycles. The highest BCUT2D eigenvalue weighted by Gasteiger charge is 2.22. The van der Waals surface area contributed by atoms with Crippen molar-refractivity contribution in [1.82, 2.24) is 4.90 Å². The van der Waals surface area contributed by atoms with Gasteiger partial charge in [0.2, 0.25) is 11.8 Å². The molecule has 0 aromatic heterocycles. The number of nitrogen functional groups attached to an aromatic ring is 1. The number of aliphatic hydroxyl groups is 1. The van der Waals surface area contributed by atoms with E-state index in [1.807, 2.05) is 0 Å². The third-order valence-corrected chi connectivity index (χ3v) is 5.47. The average molecular weight is 452 g/mol. The zero-order valence-corrected chi connectivity index (χ0v) is 18.4. The topological polar surface area (TPSA) is 140 Å². The van der Waals surface area contributed by atoms with E-state index in [1.54, 1.807) is 53.4 Å². The highest BCUT2D eigenvalue weighted by atomic mass is 16.3. The van der Waals surface area contributed by atoms with E-state index < -0.39 is 0 Å². The Morgan fingerprint density at radius 3 is 2.36 bits per heavy atom. The first-order valence-electron chi connectivity index (χ1n) is 10.9. The predicted octanol–water partition coefficient (Wildman–Crippen LogP) is 1.95. The van der Waals surface area contributed by atoms with Crippen molar-refractivity contribution in [2.75, 3.05) is 36.5 Å². The number of hydrogen-bond acceptors (Lipinski definition) is 5. The number of amidine groups is 1. The van der Waals surface area contributed by atoms with Crippen LogP contribution in [0.25, 0.3) is 0 Å². The molecule has 3 amide bonds. The summed E-state index contributed by atoms with van der Waals surface area (Å²) in [6.07, 6.45) is 1.89. The minimum atomic E-state index is -0.333. The number of anilines is 2. The van der Waals surface area contributed by atoms with Crippen molar-refractivity contribution >= 4 is 34.9 Å². The molecule has 1 fully saturated rings. The lowest BCUT2D eigenvalue weighted by atomic mass is 10.1. The quantitative estimate of drug-likeness (QED) is 0.341. The number of aliphatic hydroxyl groups excluding tert-OH is 1. The summed E-state index contributed by atoms with van der Waals surface area (Å²) in [6.45, 7) is 1.28. The van der Waals surface area contributed by atoms with Crippen LogP contribution < -0.4 is 16.0 Å². The van der Waals surface area contributed by atoms with Crippen LogP contribution in [0.15, 0.2) is 48.5 Å². The maximum atomic E-state index is 12.8. The van der Waals surface area contributed by atoms with Gasteiger partial charge in [-0.25, -0.2) is 0 Å². The van der Waals surface area contributed by atoms with Gasteiger partial charge >= 0.3 is 0 Å². The molecule has 9 nitrogen and oxygen atoms in total. The van der Waals surface area contributed by atoms with Crippen molar-refractivity contribution in [2.45, 2.75) is 25.7 Å². The van der Waals surface area contributed by atoms with Gasteiger partial charge in [-0.15, -0.1) is 0 Å². The monoisotopic (exact) mass is 451 g/mol. The molecule has 0 unspecified atom stereocenters. The number of benzene rings is 2. The summed E-state index contributed by atoms with van der Waals surface area (Å²) in [6, 6.07) is 13.3. The summed E-state index contributed by atoms with van der Waals surface area (Å²) >= 11 is 0. The van der Waals surface area contributed by atoms with Crippen molar-refractivity contribution in [3.8, 4) is 0 Å². The number of nitrogens with zero attached hydrogens (tertiary/aromatic N) is 2. The summed E-state index contributed by atoms with van der Waals surface area (Å²) in [5.74, 6) is -0.785. The molecule has 1 saturated heterocycles. The van der Waals surface area contributed by atoms with Crippen LogP contribution in [0.1, 0.15) is 41.6 Å². The summed E-state index contributed by atoms with van der Waals surface area (Å²) in [7, 11) is 0. The molecule has 2 aromatic carbocycles. The van der Waals surface area contributed by atoms with Crippen LogP contribution in [0.4, 0.5) is 11.4 Å². The molecule has 174 valence electrons. The van der Waals surface area contributed by atoms with Gasteiger partial charge in [-0.05, 0) is 55.3 Å². The molecule has 1 heterocycles. The molecule has 5 N–H and O–H groups in total. The van der Waals surface area contributed by atoms with Crippen LogP contribution in [0.2, 0.25) is 0 Å². The molecule has 9 heteroatoms. The van der Waals surface area contributed by atoms with Crippen LogP contribution in [-0.2, 0) is 9.59 Å². The van der Waals surface area contributed by atoms with Gasteiger partial charge in [-0.2, -0.15) is 0 Å². The van der Waals surface area contributed by atoms with Gasteiger partial charge in [0.15, 0.2) is 0 Å². The minimum absolute atomic E-state index is 0.0401. The van der Waals surface area contributed by atoms with E-state index in [-0.39, 0.29) is 49.6 Å². The number of amides is 3. The maximum absolute atomic E-state index is 12.8. The number of hydrogen-bond donors (Lipinski definition) is 4. The molecule has 0 saturated carbocycles. The lowest BCUT2D eigenvalue weighted by molar-refractivity contribution is -0.122.